The van der Waals surface area contributed by atoms with Gasteiger partial charge in [-0.15, -0.1) is 0 Å². The molecule has 0 saturated heterocycles. The summed E-state index contributed by atoms with van der Waals surface area (Å²) in [5.74, 6) is 6.06. The van der Waals surface area contributed by atoms with E-state index in [9.17, 15) is 5.11 Å². The van der Waals surface area contributed by atoms with E-state index in [4.69, 9.17) is 0 Å². The molecule has 0 aromatic heterocycles. The maximum Gasteiger partial charge on any atom is 0.120 e. The van der Waals surface area contributed by atoms with E-state index in [2.05, 4.69) is 48.8 Å². The molecule has 1 aliphatic heterocycles. The third kappa shape index (κ3) is 3.30. The molecule has 0 bridgehead atoms. The lowest BCUT2D eigenvalue weighted by Crippen LogP contribution is -2.35. The van der Waals surface area contributed by atoms with Crippen LogP contribution >= 0.6 is 0 Å². The summed E-state index contributed by atoms with van der Waals surface area (Å²) >= 11 is 0. The summed E-state index contributed by atoms with van der Waals surface area (Å²) in [6, 6.07) is 6.82. The first-order valence-corrected chi connectivity index (χ1v) is 7.02. The van der Waals surface area contributed by atoms with Crippen molar-refractivity contribution in [2.75, 3.05) is 11.4 Å². The molecule has 0 amide bonds. The summed E-state index contributed by atoms with van der Waals surface area (Å²) in [7, 11) is 0. The fourth-order valence-electron chi connectivity index (χ4n) is 2.53. The molecular weight excluding hydrogens is 234 g/mol. The molecule has 0 aliphatic carbocycles. The second-order valence-corrected chi connectivity index (χ2v) is 6.00. The molecule has 0 fully saturated rings. The Bertz CT molecular complexity index is 514. The Morgan fingerprint density at radius 1 is 1.32 bits per heavy atom. The zero-order valence-corrected chi connectivity index (χ0v) is 12.3. The van der Waals surface area contributed by atoms with Crippen molar-refractivity contribution in [2.24, 2.45) is 0 Å². The zero-order chi connectivity index (χ0) is 14.0. The Labute approximate surface area is 116 Å². The first-order valence-electron chi connectivity index (χ1n) is 7.02. The number of anilines is 1. The van der Waals surface area contributed by atoms with Crippen LogP contribution in [0.1, 0.15) is 45.2 Å². The molecule has 0 radical (unpaired) electrons. The normalized spacial score (nSPS) is 14.9. The van der Waals surface area contributed by atoms with Gasteiger partial charge in [-0.3, -0.25) is 0 Å². The number of hydrogen-bond acceptors (Lipinski definition) is 2. The number of hydrogen-bond donors (Lipinski definition) is 1. The van der Waals surface area contributed by atoms with E-state index in [0.717, 1.165) is 18.5 Å². The standard InChI is InChI=1S/C17H23NO/c1-13(2)18-12-6-8-15-14(7-5-9-16(15)18)10-11-17(3,4)19/h5,7,9,13,19H,6,8,12H2,1-4H3. The van der Waals surface area contributed by atoms with E-state index in [0.29, 0.717) is 6.04 Å². The Kier molecular flexibility index (Phi) is 3.87. The van der Waals surface area contributed by atoms with Gasteiger partial charge in [-0.05, 0) is 58.2 Å². The third-order valence-electron chi connectivity index (χ3n) is 3.41. The van der Waals surface area contributed by atoms with Crippen LogP contribution < -0.4 is 4.90 Å². The van der Waals surface area contributed by atoms with Crippen molar-refractivity contribution in [1.29, 1.82) is 0 Å². The predicted molar refractivity (Wildman–Crippen MR) is 80.4 cm³/mol. The first-order chi connectivity index (χ1) is 8.88. The van der Waals surface area contributed by atoms with Gasteiger partial charge >= 0.3 is 0 Å². The third-order valence-corrected chi connectivity index (χ3v) is 3.41. The van der Waals surface area contributed by atoms with E-state index in [1.165, 1.54) is 17.7 Å². The van der Waals surface area contributed by atoms with E-state index in [-0.39, 0.29) is 0 Å². The molecule has 0 atom stereocenters. The van der Waals surface area contributed by atoms with Crippen molar-refractivity contribution in [3.05, 3.63) is 29.3 Å². The van der Waals surface area contributed by atoms with Crippen LogP contribution in [0.15, 0.2) is 18.2 Å². The Hall–Kier alpha value is -1.46. The predicted octanol–water partition coefficient (Wildman–Crippen LogP) is 2.97. The SMILES string of the molecule is CC(C)N1CCCc2c(C#CC(C)(C)O)cccc21. The largest absolute Gasteiger partial charge is 0.378 e. The lowest BCUT2D eigenvalue weighted by molar-refractivity contribution is 0.143. The van der Waals surface area contributed by atoms with E-state index >= 15 is 0 Å². The van der Waals surface area contributed by atoms with Gasteiger partial charge in [-0.1, -0.05) is 17.9 Å². The lowest BCUT2D eigenvalue weighted by atomic mass is 9.95. The van der Waals surface area contributed by atoms with Gasteiger partial charge in [0.1, 0.15) is 5.60 Å². The lowest BCUT2D eigenvalue weighted by Gasteiger charge is -2.35. The molecule has 102 valence electrons. The van der Waals surface area contributed by atoms with Crippen molar-refractivity contribution < 1.29 is 5.11 Å². The minimum absolute atomic E-state index is 0.511. The fraction of sp³-hybridized carbons (Fsp3) is 0.529. The first kappa shape index (κ1) is 14.0. The molecule has 0 spiro atoms. The van der Waals surface area contributed by atoms with Crippen molar-refractivity contribution >= 4 is 5.69 Å². The highest BCUT2D eigenvalue weighted by molar-refractivity contribution is 5.62. The van der Waals surface area contributed by atoms with Gasteiger partial charge in [0, 0.05) is 23.8 Å². The quantitative estimate of drug-likeness (QED) is 0.782. The van der Waals surface area contributed by atoms with Crippen LogP contribution in [0, 0.1) is 11.8 Å². The highest BCUT2D eigenvalue weighted by atomic mass is 16.3. The van der Waals surface area contributed by atoms with Crippen LogP contribution in [0.2, 0.25) is 0 Å². The average Bonchev–Trinajstić information content (AvgIpc) is 2.34. The Balaban J connectivity index is 2.43. The van der Waals surface area contributed by atoms with Gasteiger partial charge in [0.05, 0.1) is 0 Å². The highest BCUT2D eigenvalue weighted by Crippen LogP contribution is 2.30. The minimum Gasteiger partial charge on any atom is -0.378 e. The van der Waals surface area contributed by atoms with Gasteiger partial charge in [-0.2, -0.15) is 0 Å². The second kappa shape index (κ2) is 5.27. The molecule has 1 aromatic carbocycles. The number of nitrogens with zero attached hydrogens (tertiary/aromatic N) is 1. The topological polar surface area (TPSA) is 23.5 Å². The summed E-state index contributed by atoms with van der Waals surface area (Å²) < 4.78 is 0. The zero-order valence-electron chi connectivity index (χ0n) is 12.3. The Morgan fingerprint density at radius 2 is 2.05 bits per heavy atom. The molecule has 1 aromatic rings. The summed E-state index contributed by atoms with van der Waals surface area (Å²) in [6.07, 6.45) is 2.25. The molecule has 0 unspecified atom stereocenters. The number of aliphatic hydroxyl groups is 1. The monoisotopic (exact) mass is 257 g/mol. The van der Waals surface area contributed by atoms with Crippen LogP contribution in [0.25, 0.3) is 0 Å². The molecule has 19 heavy (non-hydrogen) atoms. The van der Waals surface area contributed by atoms with E-state index < -0.39 is 5.60 Å². The summed E-state index contributed by atoms with van der Waals surface area (Å²) in [5.41, 5.74) is 2.77. The molecule has 2 rings (SSSR count). The van der Waals surface area contributed by atoms with E-state index in [1.54, 1.807) is 13.8 Å². The molecule has 1 heterocycles. The van der Waals surface area contributed by atoms with Crippen LogP contribution in [-0.2, 0) is 6.42 Å². The molecule has 0 saturated carbocycles. The van der Waals surface area contributed by atoms with Crippen molar-refractivity contribution in [1.82, 2.24) is 0 Å². The summed E-state index contributed by atoms with van der Waals surface area (Å²) in [5, 5.41) is 9.74. The molecule has 2 heteroatoms. The van der Waals surface area contributed by atoms with Crippen molar-refractivity contribution in [3.8, 4) is 11.8 Å². The summed E-state index contributed by atoms with van der Waals surface area (Å²) in [4.78, 5) is 2.44. The number of benzene rings is 1. The maximum atomic E-state index is 9.74. The molecule has 1 aliphatic rings. The van der Waals surface area contributed by atoms with Gasteiger partial charge in [-0.25, -0.2) is 0 Å². The maximum absolute atomic E-state index is 9.74. The summed E-state index contributed by atoms with van der Waals surface area (Å²) in [6.45, 7) is 9.01. The van der Waals surface area contributed by atoms with Crippen LogP contribution in [0.3, 0.4) is 0 Å². The van der Waals surface area contributed by atoms with E-state index in [1.807, 2.05) is 0 Å². The van der Waals surface area contributed by atoms with Crippen molar-refractivity contribution in [3.63, 3.8) is 0 Å². The smallest absolute Gasteiger partial charge is 0.120 e. The van der Waals surface area contributed by atoms with Crippen molar-refractivity contribution in [2.45, 2.75) is 52.2 Å². The molecular formula is C17H23NO. The van der Waals surface area contributed by atoms with Crippen LogP contribution in [0.5, 0.6) is 0 Å². The number of fused-ring (bicyclic) bond motifs is 1. The van der Waals surface area contributed by atoms with Gasteiger partial charge in [0.2, 0.25) is 0 Å². The number of rotatable bonds is 1. The minimum atomic E-state index is -0.935. The van der Waals surface area contributed by atoms with Gasteiger partial charge < -0.3 is 10.0 Å². The van der Waals surface area contributed by atoms with Crippen LogP contribution in [-0.4, -0.2) is 23.3 Å². The molecule has 2 nitrogen and oxygen atoms in total. The van der Waals surface area contributed by atoms with Gasteiger partial charge in [0.15, 0.2) is 0 Å². The second-order valence-electron chi connectivity index (χ2n) is 6.00. The fourth-order valence-corrected chi connectivity index (χ4v) is 2.53. The van der Waals surface area contributed by atoms with Crippen LogP contribution in [0.4, 0.5) is 5.69 Å². The highest BCUT2D eigenvalue weighted by Gasteiger charge is 2.20. The Morgan fingerprint density at radius 3 is 2.68 bits per heavy atom. The molecule has 1 N–H and O–H groups in total. The van der Waals surface area contributed by atoms with Gasteiger partial charge in [0.25, 0.3) is 0 Å². The average molecular weight is 257 g/mol.